The molecule has 0 aromatic heterocycles. The lowest BCUT2D eigenvalue weighted by Crippen LogP contribution is -2.55. The Labute approximate surface area is 98.7 Å². The number of rotatable bonds is 3. The highest BCUT2D eigenvalue weighted by Gasteiger charge is 2.44. The number of methoxy groups -OCH3 is 1. The minimum atomic E-state index is -0.0873. The number of hydrogen-bond donors (Lipinski definition) is 1. The lowest BCUT2D eigenvalue weighted by Gasteiger charge is -2.45. The smallest absolute Gasteiger partial charge is 0.0835 e. The zero-order chi connectivity index (χ0) is 11.6. The van der Waals surface area contributed by atoms with Crippen molar-refractivity contribution in [2.75, 3.05) is 20.3 Å². The molecule has 0 aromatic carbocycles. The van der Waals surface area contributed by atoms with Crippen molar-refractivity contribution < 1.29 is 9.47 Å². The summed E-state index contributed by atoms with van der Waals surface area (Å²) >= 11 is 0. The summed E-state index contributed by atoms with van der Waals surface area (Å²) in [4.78, 5) is 0. The van der Waals surface area contributed by atoms with E-state index in [9.17, 15) is 0 Å². The van der Waals surface area contributed by atoms with Crippen LogP contribution >= 0.6 is 0 Å². The summed E-state index contributed by atoms with van der Waals surface area (Å²) in [6.45, 7) is 4.00. The summed E-state index contributed by atoms with van der Waals surface area (Å²) in [7, 11) is 1.83. The molecule has 0 bridgehead atoms. The minimum Gasteiger partial charge on any atom is -0.381 e. The standard InChI is InChI=1S/C13H25NO2/c1-10-4-3-6-13(8-10,15-2)12(14)11-5-7-16-9-11/h10-12H,3-9,14H2,1-2H3. The van der Waals surface area contributed by atoms with Crippen LogP contribution in [0, 0.1) is 11.8 Å². The summed E-state index contributed by atoms with van der Waals surface area (Å²) in [5, 5.41) is 0. The molecular formula is C13H25NO2. The Balaban J connectivity index is 2.06. The van der Waals surface area contributed by atoms with Crippen molar-refractivity contribution in [1.82, 2.24) is 0 Å². The fourth-order valence-corrected chi connectivity index (χ4v) is 3.43. The fourth-order valence-electron chi connectivity index (χ4n) is 3.43. The Morgan fingerprint density at radius 1 is 1.44 bits per heavy atom. The zero-order valence-corrected chi connectivity index (χ0v) is 10.6. The Morgan fingerprint density at radius 2 is 2.25 bits per heavy atom. The fraction of sp³-hybridized carbons (Fsp3) is 1.00. The van der Waals surface area contributed by atoms with Crippen LogP contribution in [0.4, 0.5) is 0 Å². The van der Waals surface area contributed by atoms with E-state index in [-0.39, 0.29) is 11.6 Å². The van der Waals surface area contributed by atoms with Crippen LogP contribution in [0.15, 0.2) is 0 Å². The van der Waals surface area contributed by atoms with Crippen molar-refractivity contribution in [1.29, 1.82) is 0 Å². The highest BCUT2D eigenvalue weighted by molar-refractivity contribution is 4.99. The first-order valence-corrected chi connectivity index (χ1v) is 6.56. The highest BCUT2D eigenvalue weighted by Crippen LogP contribution is 2.39. The van der Waals surface area contributed by atoms with Crippen LogP contribution in [0.1, 0.15) is 39.0 Å². The number of ether oxygens (including phenoxy) is 2. The maximum absolute atomic E-state index is 6.46. The van der Waals surface area contributed by atoms with Crippen LogP contribution in [-0.4, -0.2) is 32.0 Å². The van der Waals surface area contributed by atoms with E-state index in [0.29, 0.717) is 5.92 Å². The lowest BCUT2D eigenvalue weighted by atomic mass is 9.71. The van der Waals surface area contributed by atoms with Crippen molar-refractivity contribution in [2.45, 2.75) is 50.7 Å². The van der Waals surface area contributed by atoms with Gasteiger partial charge in [-0.05, 0) is 25.2 Å². The third kappa shape index (κ3) is 2.27. The van der Waals surface area contributed by atoms with E-state index >= 15 is 0 Å². The predicted molar refractivity (Wildman–Crippen MR) is 64.3 cm³/mol. The van der Waals surface area contributed by atoms with Gasteiger partial charge in [-0.25, -0.2) is 0 Å². The Kier molecular flexibility index (Phi) is 3.88. The van der Waals surface area contributed by atoms with Crippen LogP contribution < -0.4 is 5.73 Å². The number of nitrogens with two attached hydrogens (primary N) is 1. The van der Waals surface area contributed by atoms with E-state index in [2.05, 4.69) is 6.92 Å². The van der Waals surface area contributed by atoms with Crippen molar-refractivity contribution in [3.63, 3.8) is 0 Å². The van der Waals surface area contributed by atoms with Gasteiger partial charge in [0, 0.05) is 25.7 Å². The van der Waals surface area contributed by atoms with Crippen molar-refractivity contribution >= 4 is 0 Å². The van der Waals surface area contributed by atoms with Gasteiger partial charge in [0.2, 0.25) is 0 Å². The van der Waals surface area contributed by atoms with Crippen LogP contribution in [0.25, 0.3) is 0 Å². The Bertz CT molecular complexity index is 228. The van der Waals surface area contributed by atoms with Gasteiger partial charge in [-0.1, -0.05) is 19.8 Å². The molecule has 3 heteroatoms. The molecule has 2 fully saturated rings. The van der Waals surface area contributed by atoms with Gasteiger partial charge in [0.25, 0.3) is 0 Å². The zero-order valence-electron chi connectivity index (χ0n) is 10.6. The molecule has 1 saturated heterocycles. The second-order valence-corrected chi connectivity index (χ2v) is 5.62. The van der Waals surface area contributed by atoms with E-state index in [4.69, 9.17) is 15.2 Å². The summed E-state index contributed by atoms with van der Waals surface area (Å²) in [6.07, 6.45) is 5.89. The summed E-state index contributed by atoms with van der Waals surface area (Å²) < 4.78 is 11.3. The van der Waals surface area contributed by atoms with Crippen molar-refractivity contribution in [3.05, 3.63) is 0 Å². The maximum atomic E-state index is 6.46. The molecule has 0 radical (unpaired) electrons. The second kappa shape index (κ2) is 5.03. The average molecular weight is 227 g/mol. The summed E-state index contributed by atoms with van der Waals surface area (Å²) in [5.41, 5.74) is 6.37. The monoisotopic (exact) mass is 227 g/mol. The molecule has 1 aliphatic carbocycles. The van der Waals surface area contributed by atoms with Gasteiger partial charge in [0.15, 0.2) is 0 Å². The summed E-state index contributed by atoms with van der Waals surface area (Å²) in [5.74, 6) is 1.23. The molecule has 94 valence electrons. The SMILES string of the molecule is COC1(C(N)C2CCOC2)CCCC(C)C1. The highest BCUT2D eigenvalue weighted by atomic mass is 16.5. The van der Waals surface area contributed by atoms with Crippen LogP contribution in [0.5, 0.6) is 0 Å². The molecule has 3 nitrogen and oxygen atoms in total. The quantitative estimate of drug-likeness (QED) is 0.801. The van der Waals surface area contributed by atoms with E-state index < -0.39 is 0 Å². The molecule has 16 heavy (non-hydrogen) atoms. The molecule has 1 aliphatic heterocycles. The largest absolute Gasteiger partial charge is 0.381 e. The molecule has 0 spiro atoms. The van der Waals surface area contributed by atoms with Gasteiger partial charge in [0.1, 0.15) is 0 Å². The normalized spacial score (nSPS) is 42.2. The van der Waals surface area contributed by atoms with Crippen LogP contribution in [-0.2, 0) is 9.47 Å². The van der Waals surface area contributed by atoms with Crippen molar-refractivity contribution in [3.8, 4) is 0 Å². The third-order valence-corrected chi connectivity index (χ3v) is 4.48. The minimum absolute atomic E-state index is 0.0873. The molecule has 1 saturated carbocycles. The van der Waals surface area contributed by atoms with E-state index in [1.165, 1.54) is 12.8 Å². The molecule has 2 aliphatic rings. The van der Waals surface area contributed by atoms with Gasteiger partial charge >= 0.3 is 0 Å². The molecule has 0 amide bonds. The van der Waals surface area contributed by atoms with E-state index in [0.717, 1.165) is 38.4 Å². The first kappa shape index (κ1) is 12.3. The molecule has 2 N–H and O–H groups in total. The topological polar surface area (TPSA) is 44.5 Å². The van der Waals surface area contributed by atoms with E-state index in [1.807, 2.05) is 7.11 Å². The van der Waals surface area contributed by atoms with Gasteiger partial charge in [0.05, 0.1) is 12.2 Å². The van der Waals surface area contributed by atoms with Crippen molar-refractivity contribution in [2.24, 2.45) is 17.6 Å². The Hall–Kier alpha value is -0.120. The maximum Gasteiger partial charge on any atom is 0.0835 e. The van der Waals surface area contributed by atoms with Gasteiger partial charge < -0.3 is 15.2 Å². The van der Waals surface area contributed by atoms with Crippen LogP contribution in [0.2, 0.25) is 0 Å². The average Bonchev–Trinajstić information content (AvgIpc) is 2.81. The van der Waals surface area contributed by atoms with Crippen LogP contribution in [0.3, 0.4) is 0 Å². The Morgan fingerprint density at radius 3 is 2.81 bits per heavy atom. The van der Waals surface area contributed by atoms with Gasteiger partial charge in [-0.15, -0.1) is 0 Å². The first-order valence-electron chi connectivity index (χ1n) is 6.56. The molecule has 1 heterocycles. The predicted octanol–water partition coefficient (Wildman–Crippen LogP) is 1.95. The molecule has 4 unspecified atom stereocenters. The van der Waals surface area contributed by atoms with Gasteiger partial charge in [-0.3, -0.25) is 0 Å². The first-order chi connectivity index (χ1) is 7.68. The van der Waals surface area contributed by atoms with Gasteiger partial charge in [-0.2, -0.15) is 0 Å². The number of hydrogen-bond acceptors (Lipinski definition) is 3. The molecule has 0 aromatic rings. The third-order valence-electron chi connectivity index (χ3n) is 4.48. The second-order valence-electron chi connectivity index (χ2n) is 5.62. The molecule has 2 rings (SSSR count). The molecular weight excluding hydrogens is 202 g/mol. The molecule has 4 atom stereocenters. The summed E-state index contributed by atoms with van der Waals surface area (Å²) in [6, 6.07) is 0.141. The lowest BCUT2D eigenvalue weighted by molar-refractivity contribution is -0.0832. The van der Waals surface area contributed by atoms with E-state index in [1.54, 1.807) is 0 Å².